The predicted octanol–water partition coefficient (Wildman–Crippen LogP) is 1.66. The van der Waals surface area contributed by atoms with Gasteiger partial charge in [-0.05, 0) is 0 Å². The van der Waals surface area contributed by atoms with Gasteiger partial charge in [0.15, 0.2) is 0 Å². The molecule has 0 aromatic carbocycles. The lowest BCUT2D eigenvalue weighted by Gasteiger charge is -2.39. The first-order valence-corrected chi connectivity index (χ1v) is 7.30. The maximum atomic E-state index is 5.92. The molecule has 100 valence electrons. The molecule has 1 atom stereocenters. The molecule has 1 aromatic rings. The van der Waals surface area contributed by atoms with E-state index >= 15 is 0 Å². The number of anilines is 1. The summed E-state index contributed by atoms with van der Waals surface area (Å²) < 4.78 is 11.4. The van der Waals surface area contributed by atoms with Crippen LogP contribution in [0.2, 0.25) is 0 Å². The Morgan fingerprint density at radius 2 is 2.22 bits per heavy atom. The molecule has 1 unspecified atom stereocenters. The van der Waals surface area contributed by atoms with E-state index in [0.717, 1.165) is 42.9 Å². The summed E-state index contributed by atoms with van der Waals surface area (Å²) in [6.45, 7) is 8.33. The van der Waals surface area contributed by atoms with Crippen LogP contribution in [0.1, 0.15) is 31.2 Å². The molecule has 1 aromatic heterocycles. The van der Waals surface area contributed by atoms with Crippen molar-refractivity contribution in [3.05, 3.63) is 5.01 Å². The maximum absolute atomic E-state index is 5.92. The third-order valence-electron chi connectivity index (χ3n) is 3.51. The van der Waals surface area contributed by atoms with Crippen molar-refractivity contribution >= 4 is 16.5 Å². The fraction of sp³-hybridized carbons (Fsp3) is 0.833. The molecule has 3 rings (SSSR count). The molecule has 18 heavy (non-hydrogen) atoms. The fourth-order valence-electron chi connectivity index (χ4n) is 2.42. The highest BCUT2D eigenvalue weighted by atomic mass is 32.1. The first-order valence-electron chi connectivity index (χ1n) is 6.49. The zero-order chi connectivity index (χ0) is 12.6. The fourth-order valence-corrected chi connectivity index (χ4v) is 3.29. The van der Waals surface area contributed by atoms with Crippen LogP contribution in [0, 0.1) is 0 Å². The summed E-state index contributed by atoms with van der Waals surface area (Å²) in [6.07, 6.45) is 0.985. The van der Waals surface area contributed by atoms with Gasteiger partial charge in [-0.1, -0.05) is 25.2 Å². The quantitative estimate of drug-likeness (QED) is 0.817. The van der Waals surface area contributed by atoms with E-state index in [9.17, 15) is 0 Å². The van der Waals surface area contributed by atoms with Gasteiger partial charge >= 0.3 is 0 Å². The van der Waals surface area contributed by atoms with Gasteiger partial charge < -0.3 is 14.4 Å². The zero-order valence-corrected chi connectivity index (χ0v) is 11.7. The molecule has 0 N–H and O–H groups in total. The molecule has 2 fully saturated rings. The molecule has 2 saturated heterocycles. The monoisotopic (exact) mass is 269 g/mol. The summed E-state index contributed by atoms with van der Waals surface area (Å²) in [6, 6.07) is 0. The third kappa shape index (κ3) is 2.24. The van der Waals surface area contributed by atoms with Crippen molar-refractivity contribution in [2.45, 2.75) is 31.8 Å². The second-order valence-corrected chi connectivity index (χ2v) is 6.32. The highest BCUT2D eigenvalue weighted by Gasteiger charge is 2.41. The molecule has 0 radical (unpaired) electrons. The van der Waals surface area contributed by atoms with Crippen LogP contribution in [0.3, 0.4) is 0 Å². The Hall–Kier alpha value is -0.720. The molecule has 2 aliphatic heterocycles. The molecule has 2 aliphatic rings. The topological polar surface area (TPSA) is 47.5 Å². The van der Waals surface area contributed by atoms with Crippen molar-refractivity contribution in [2.75, 3.05) is 37.8 Å². The van der Waals surface area contributed by atoms with Gasteiger partial charge in [0.2, 0.25) is 5.13 Å². The number of nitrogens with zero attached hydrogens (tertiary/aromatic N) is 3. The number of ether oxygens (including phenoxy) is 2. The Bertz CT molecular complexity index is 415. The summed E-state index contributed by atoms with van der Waals surface area (Å²) in [5.41, 5.74) is -0.109. The van der Waals surface area contributed by atoms with Crippen molar-refractivity contribution in [2.24, 2.45) is 0 Å². The van der Waals surface area contributed by atoms with Crippen molar-refractivity contribution < 1.29 is 9.47 Å². The maximum Gasteiger partial charge on any atom is 0.208 e. The highest BCUT2D eigenvalue weighted by molar-refractivity contribution is 7.15. The van der Waals surface area contributed by atoms with Crippen molar-refractivity contribution in [3.63, 3.8) is 0 Å². The molecule has 3 heterocycles. The van der Waals surface area contributed by atoms with Gasteiger partial charge in [0, 0.05) is 25.5 Å². The van der Waals surface area contributed by atoms with Crippen LogP contribution < -0.4 is 4.90 Å². The van der Waals surface area contributed by atoms with Crippen LogP contribution in [-0.2, 0) is 9.47 Å². The van der Waals surface area contributed by atoms with E-state index in [2.05, 4.69) is 28.9 Å². The lowest BCUT2D eigenvalue weighted by Crippen LogP contribution is -2.52. The van der Waals surface area contributed by atoms with Gasteiger partial charge in [-0.15, -0.1) is 10.2 Å². The van der Waals surface area contributed by atoms with Crippen LogP contribution in [0.4, 0.5) is 5.13 Å². The summed E-state index contributed by atoms with van der Waals surface area (Å²) in [7, 11) is 0. The van der Waals surface area contributed by atoms with Gasteiger partial charge in [-0.3, -0.25) is 0 Å². The number of aromatic nitrogens is 2. The smallest absolute Gasteiger partial charge is 0.208 e. The van der Waals surface area contributed by atoms with Gasteiger partial charge in [0.05, 0.1) is 19.8 Å². The normalized spacial score (nSPS) is 28.5. The molecule has 0 amide bonds. The largest absolute Gasteiger partial charge is 0.378 e. The molecular formula is C12H19N3O2S. The van der Waals surface area contributed by atoms with E-state index in [0.29, 0.717) is 12.5 Å². The van der Waals surface area contributed by atoms with Crippen LogP contribution in [0.15, 0.2) is 0 Å². The summed E-state index contributed by atoms with van der Waals surface area (Å²) in [5, 5.41) is 10.7. The first kappa shape index (κ1) is 12.3. The lowest BCUT2D eigenvalue weighted by atomic mass is 10.0. The standard InChI is InChI=1S/C12H19N3O2S/c1-9(2)10-13-14-11(18-10)15-4-6-17-12(7-15)3-5-16-8-12/h9H,3-8H2,1-2H3. The number of morpholine rings is 1. The lowest BCUT2D eigenvalue weighted by molar-refractivity contribution is -0.0579. The Labute approximate surface area is 111 Å². The Morgan fingerprint density at radius 1 is 1.33 bits per heavy atom. The highest BCUT2D eigenvalue weighted by Crippen LogP contribution is 2.32. The number of hydrogen-bond donors (Lipinski definition) is 0. The minimum Gasteiger partial charge on any atom is -0.378 e. The van der Waals surface area contributed by atoms with E-state index in [1.54, 1.807) is 11.3 Å². The van der Waals surface area contributed by atoms with E-state index in [-0.39, 0.29) is 5.60 Å². The van der Waals surface area contributed by atoms with E-state index in [1.165, 1.54) is 0 Å². The molecule has 1 spiro atoms. The van der Waals surface area contributed by atoms with Gasteiger partial charge in [0.25, 0.3) is 0 Å². The predicted molar refractivity (Wildman–Crippen MR) is 70.3 cm³/mol. The summed E-state index contributed by atoms with van der Waals surface area (Å²) in [5.74, 6) is 0.445. The molecule has 0 aliphatic carbocycles. The Kier molecular flexibility index (Phi) is 3.25. The Balaban J connectivity index is 1.75. The van der Waals surface area contributed by atoms with Gasteiger partial charge in [-0.25, -0.2) is 0 Å². The summed E-state index contributed by atoms with van der Waals surface area (Å²) in [4.78, 5) is 2.29. The number of hydrogen-bond acceptors (Lipinski definition) is 6. The van der Waals surface area contributed by atoms with Gasteiger partial charge in [-0.2, -0.15) is 0 Å². The molecule has 0 saturated carbocycles. The second kappa shape index (κ2) is 4.75. The van der Waals surface area contributed by atoms with Crippen LogP contribution in [0.5, 0.6) is 0 Å². The molecule has 0 bridgehead atoms. The SMILES string of the molecule is CC(C)c1nnc(N2CCOC3(CCOC3)C2)s1. The van der Waals surface area contributed by atoms with Crippen LogP contribution in [-0.4, -0.2) is 48.7 Å². The van der Waals surface area contributed by atoms with Crippen LogP contribution in [0.25, 0.3) is 0 Å². The Morgan fingerprint density at radius 3 is 2.89 bits per heavy atom. The van der Waals surface area contributed by atoms with Crippen LogP contribution >= 0.6 is 11.3 Å². The zero-order valence-electron chi connectivity index (χ0n) is 10.9. The minimum atomic E-state index is -0.109. The molecule has 6 heteroatoms. The number of rotatable bonds is 2. The molecular weight excluding hydrogens is 250 g/mol. The van der Waals surface area contributed by atoms with E-state index in [4.69, 9.17) is 9.47 Å². The summed E-state index contributed by atoms with van der Waals surface area (Å²) >= 11 is 1.70. The first-order chi connectivity index (χ1) is 8.69. The van der Waals surface area contributed by atoms with Crippen molar-refractivity contribution in [1.82, 2.24) is 10.2 Å². The molecule has 5 nitrogen and oxygen atoms in total. The van der Waals surface area contributed by atoms with E-state index in [1.807, 2.05) is 0 Å². The average molecular weight is 269 g/mol. The van der Waals surface area contributed by atoms with Crippen molar-refractivity contribution in [1.29, 1.82) is 0 Å². The second-order valence-electron chi connectivity index (χ2n) is 5.33. The van der Waals surface area contributed by atoms with E-state index < -0.39 is 0 Å². The third-order valence-corrected chi connectivity index (χ3v) is 4.79. The van der Waals surface area contributed by atoms with Gasteiger partial charge in [0.1, 0.15) is 10.6 Å². The van der Waals surface area contributed by atoms with Crippen molar-refractivity contribution in [3.8, 4) is 0 Å². The average Bonchev–Trinajstić information content (AvgIpc) is 2.98. The minimum absolute atomic E-state index is 0.109.